The van der Waals surface area contributed by atoms with Crippen LogP contribution in [-0.4, -0.2) is 21.4 Å². The molecule has 0 amide bonds. The Balaban J connectivity index is 1.96. The summed E-state index contributed by atoms with van der Waals surface area (Å²) in [6, 6.07) is 4.03. The number of ether oxygens (including phenoxy) is 1. The quantitative estimate of drug-likeness (QED) is 0.769. The van der Waals surface area contributed by atoms with Gasteiger partial charge in [-0.15, -0.1) is 0 Å². The van der Waals surface area contributed by atoms with Crippen molar-refractivity contribution in [3.05, 3.63) is 23.3 Å². The first-order valence-corrected chi connectivity index (χ1v) is 9.51. The van der Waals surface area contributed by atoms with Crippen LogP contribution in [0.1, 0.15) is 83.3 Å². The van der Waals surface area contributed by atoms with E-state index in [2.05, 4.69) is 26.8 Å². The molecule has 0 aromatic heterocycles. The molecule has 1 unspecified atom stereocenters. The summed E-state index contributed by atoms with van der Waals surface area (Å²) in [6.45, 7) is 8.41. The highest BCUT2D eigenvalue weighted by Crippen LogP contribution is 2.56. The maximum atomic E-state index is 10.7. The predicted molar refractivity (Wildman–Crippen MR) is 96.7 cm³/mol. The first-order chi connectivity index (χ1) is 11.2. The van der Waals surface area contributed by atoms with Gasteiger partial charge in [0.1, 0.15) is 17.1 Å². The zero-order valence-corrected chi connectivity index (χ0v) is 15.6. The van der Waals surface area contributed by atoms with Crippen molar-refractivity contribution in [1.29, 1.82) is 0 Å². The fourth-order valence-electron chi connectivity index (χ4n) is 4.73. The molecule has 1 aliphatic carbocycles. The molecule has 24 heavy (non-hydrogen) atoms. The van der Waals surface area contributed by atoms with Gasteiger partial charge in [-0.1, -0.05) is 19.8 Å². The SMILES string of the molecule is CCCCCc1cc(O)c2c(c1)OC(C)(C)[C@@H]1CCC(C)(O)C[C@@H]21. The molecule has 134 valence electrons. The van der Waals surface area contributed by atoms with E-state index in [9.17, 15) is 10.2 Å². The molecule has 1 saturated carbocycles. The van der Waals surface area contributed by atoms with E-state index >= 15 is 0 Å². The number of phenols is 1. The van der Waals surface area contributed by atoms with Crippen LogP contribution in [0, 0.1) is 5.92 Å². The number of phenolic OH excluding ortho intramolecular Hbond substituents is 1. The monoisotopic (exact) mass is 332 g/mol. The minimum atomic E-state index is -0.655. The minimum Gasteiger partial charge on any atom is -0.508 e. The van der Waals surface area contributed by atoms with E-state index in [1.165, 1.54) is 12.8 Å². The van der Waals surface area contributed by atoms with Crippen LogP contribution in [0.15, 0.2) is 12.1 Å². The van der Waals surface area contributed by atoms with Crippen molar-refractivity contribution in [2.45, 2.75) is 89.8 Å². The number of hydrogen-bond donors (Lipinski definition) is 2. The van der Waals surface area contributed by atoms with Crippen molar-refractivity contribution in [3.63, 3.8) is 0 Å². The third kappa shape index (κ3) is 3.28. The van der Waals surface area contributed by atoms with Crippen molar-refractivity contribution >= 4 is 0 Å². The van der Waals surface area contributed by atoms with Crippen LogP contribution in [-0.2, 0) is 6.42 Å². The molecule has 2 aliphatic rings. The first kappa shape index (κ1) is 17.6. The van der Waals surface area contributed by atoms with E-state index in [0.29, 0.717) is 18.1 Å². The van der Waals surface area contributed by atoms with Gasteiger partial charge in [-0.3, -0.25) is 0 Å². The average molecular weight is 332 g/mol. The molecule has 3 heteroatoms. The average Bonchev–Trinajstić information content (AvgIpc) is 2.44. The first-order valence-electron chi connectivity index (χ1n) is 9.51. The number of unbranched alkanes of at least 4 members (excludes halogenated alkanes) is 2. The summed E-state index contributed by atoms with van der Waals surface area (Å²) in [5.41, 5.74) is 1.15. The van der Waals surface area contributed by atoms with E-state index in [4.69, 9.17) is 4.74 Å². The van der Waals surface area contributed by atoms with Crippen LogP contribution >= 0.6 is 0 Å². The molecule has 2 N–H and O–H groups in total. The van der Waals surface area contributed by atoms with Crippen molar-refractivity contribution < 1.29 is 14.9 Å². The van der Waals surface area contributed by atoms with Gasteiger partial charge in [0.25, 0.3) is 0 Å². The van der Waals surface area contributed by atoms with Crippen molar-refractivity contribution in [2.75, 3.05) is 0 Å². The lowest BCUT2D eigenvalue weighted by molar-refractivity contribution is -0.0659. The summed E-state index contributed by atoms with van der Waals surface area (Å²) in [7, 11) is 0. The van der Waals surface area contributed by atoms with Gasteiger partial charge in [-0.05, 0) is 70.6 Å². The number of fused-ring (bicyclic) bond motifs is 3. The molecule has 0 saturated heterocycles. The second-order valence-corrected chi connectivity index (χ2v) is 8.64. The molecule has 3 nitrogen and oxygen atoms in total. The van der Waals surface area contributed by atoms with Crippen molar-refractivity contribution in [1.82, 2.24) is 0 Å². The standard InChI is InChI=1S/C21H32O3/c1-5-6-7-8-14-11-17(22)19-15-13-21(4,23)10-9-16(15)20(2,3)24-18(19)12-14/h11-12,15-16,22-23H,5-10,13H2,1-4H3/t15-,16-,21?/m1/s1. The zero-order chi connectivity index (χ0) is 17.5. The van der Waals surface area contributed by atoms with Crippen molar-refractivity contribution in [3.8, 4) is 11.5 Å². The largest absolute Gasteiger partial charge is 0.508 e. The van der Waals surface area contributed by atoms with Crippen LogP contribution < -0.4 is 4.74 Å². The summed E-state index contributed by atoms with van der Waals surface area (Å²) in [4.78, 5) is 0. The molecule has 1 aromatic carbocycles. The Bertz CT molecular complexity index is 603. The highest BCUT2D eigenvalue weighted by atomic mass is 16.5. The molecular weight excluding hydrogens is 300 g/mol. The van der Waals surface area contributed by atoms with Gasteiger partial charge in [-0.25, -0.2) is 0 Å². The van der Waals surface area contributed by atoms with Crippen LogP contribution in [0.25, 0.3) is 0 Å². The number of rotatable bonds is 4. The van der Waals surface area contributed by atoms with Gasteiger partial charge in [0.2, 0.25) is 0 Å². The number of hydrogen-bond acceptors (Lipinski definition) is 3. The Morgan fingerprint density at radius 2 is 1.96 bits per heavy atom. The smallest absolute Gasteiger partial charge is 0.127 e. The van der Waals surface area contributed by atoms with Crippen molar-refractivity contribution in [2.24, 2.45) is 5.92 Å². The topological polar surface area (TPSA) is 49.7 Å². The number of aliphatic hydroxyl groups is 1. The van der Waals surface area contributed by atoms with E-state index in [0.717, 1.165) is 42.6 Å². The summed E-state index contributed by atoms with van der Waals surface area (Å²) in [6.07, 6.45) is 6.94. The van der Waals surface area contributed by atoms with Gasteiger partial charge >= 0.3 is 0 Å². The van der Waals surface area contributed by atoms with Gasteiger partial charge in [0.05, 0.1) is 5.60 Å². The number of aromatic hydroxyl groups is 1. The molecular formula is C21H32O3. The van der Waals surface area contributed by atoms with Crippen LogP contribution in [0.4, 0.5) is 0 Å². The molecule has 1 aliphatic heterocycles. The molecule has 0 radical (unpaired) electrons. The third-order valence-corrected chi connectivity index (χ3v) is 6.03. The van der Waals surface area contributed by atoms with Gasteiger partial charge in [-0.2, -0.15) is 0 Å². The lowest BCUT2D eigenvalue weighted by atomic mass is 9.63. The molecule has 3 atom stereocenters. The fraction of sp³-hybridized carbons (Fsp3) is 0.714. The normalized spacial score (nSPS) is 31.0. The summed E-state index contributed by atoms with van der Waals surface area (Å²) in [5, 5.41) is 21.3. The van der Waals surface area contributed by atoms with Crippen LogP contribution in [0.3, 0.4) is 0 Å². The lowest BCUT2D eigenvalue weighted by Crippen LogP contribution is -2.49. The Morgan fingerprint density at radius 3 is 2.67 bits per heavy atom. The zero-order valence-electron chi connectivity index (χ0n) is 15.6. The number of benzene rings is 1. The summed E-state index contributed by atoms with van der Waals surface area (Å²) >= 11 is 0. The second kappa shape index (κ2) is 6.25. The van der Waals surface area contributed by atoms with E-state index in [-0.39, 0.29) is 11.5 Å². The molecule has 0 bridgehead atoms. The summed E-state index contributed by atoms with van der Waals surface area (Å²) in [5.74, 6) is 1.67. The molecule has 3 rings (SSSR count). The van der Waals surface area contributed by atoms with E-state index in [1.54, 1.807) is 0 Å². The Kier molecular flexibility index (Phi) is 4.59. The molecule has 1 aromatic rings. The van der Waals surface area contributed by atoms with E-state index < -0.39 is 5.60 Å². The lowest BCUT2D eigenvalue weighted by Gasteiger charge is -2.50. The molecule has 1 heterocycles. The van der Waals surface area contributed by atoms with Crippen LogP contribution in [0.5, 0.6) is 11.5 Å². The Hall–Kier alpha value is -1.22. The van der Waals surface area contributed by atoms with E-state index in [1.807, 2.05) is 13.0 Å². The highest BCUT2D eigenvalue weighted by molar-refractivity contribution is 5.52. The second-order valence-electron chi connectivity index (χ2n) is 8.64. The Morgan fingerprint density at radius 1 is 1.21 bits per heavy atom. The van der Waals surface area contributed by atoms with Gasteiger partial charge in [0.15, 0.2) is 0 Å². The minimum absolute atomic E-state index is 0.164. The third-order valence-electron chi connectivity index (χ3n) is 6.03. The highest BCUT2D eigenvalue weighted by Gasteiger charge is 2.49. The molecule has 0 spiro atoms. The Labute approximate surface area is 146 Å². The molecule has 1 fully saturated rings. The maximum Gasteiger partial charge on any atom is 0.127 e. The van der Waals surface area contributed by atoms with Crippen LogP contribution in [0.2, 0.25) is 0 Å². The summed E-state index contributed by atoms with van der Waals surface area (Å²) < 4.78 is 6.34. The fourth-order valence-corrected chi connectivity index (χ4v) is 4.73. The van der Waals surface area contributed by atoms with Gasteiger partial charge < -0.3 is 14.9 Å². The van der Waals surface area contributed by atoms with Gasteiger partial charge in [0, 0.05) is 17.4 Å². The number of aryl methyl sites for hydroxylation is 1. The maximum absolute atomic E-state index is 10.7. The predicted octanol–water partition coefficient (Wildman–Crippen LogP) is 4.93.